The van der Waals surface area contributed by atoms with Crippen molar-refractivity contribution in [3.05, 3.63) is 25.3 Å². The van der Waals surface area contributed by atoms with Crippen LogP contribution in [0.25, 0.3) is 0 Å². The lowest BCUT2D eigenvalue weighted by Crippen LogP contribution is -2.68. The molecule has 0 N–H and O–H groups in total. The predicted octanol–water partition coefficient (Wildman–Crippen LogP) is 0.882. The minimum absolute atomic E-state index is 0.0973. The number of rotatable bonds is 4. The van der Waals surface area contributed by atoms with Crippen LogP contribution in [0.1, 0.15) is 20.3 Å². The highest BCUT2D eigenvalue weighted by Crippen LogP contribution is 2.33. The number of carbonyl (C=O) groups excluding carboxylic acids is 2. The summed E-state index contributed by atoms with van der Waals surface area (Å²) >= 11 is 0. The lowest BCUT2D eigenvalue weighted by atomic mass is 9.90. The van der Waals surface area contributed by atoms with Crippen LogP contribution in [-0.4, -0.2) is 70.8 Å². The molecule has 0 bridgehead atoms. The van der Waals surface area contributed by atoms with Crippen LogP contribution in [0.5, 0.6) is 0 Å². The highest BCUT2D eigenvalue weighted by atomic mass is 16.2. The average Bonchev–Trinajstić information content (AvgIpc) is 2.89. The van der Waals surface area contributed by atoms with Gasteiger partial charge in [-0.15, -0.1) is 6.58 Å². The molecule has 0 aromatic carbocycles. The zero-order chi connectivity index (χ0) is 15.6. The molecule has 0 aromatic rings. The first kappa shape index (κ1) is 15.8. The Morgan fingerprint density at radius 3 is 2.62 bits per heavy atom. The van der Waals surface area contributed by atoms with Crippen molar-refractivity contribution in [1.82, 2.24) is 14.7 Å². The first-order chi connectivity index (χ1) is 9.96. The monoisotopic (exact) mass is 291 g/mol. The highest BCUT2D eigenvalue weighted by Gasteiger charge is 2.53. The summed E-state index contributed by atoms with van der Waals surface area (Å²) in [6.07, 6.45) is 3.84. The molecular formula is C16H25N3O2. The zero-order valence-electron chi connectivity index (χ0n) is 13.0. The molecule has 2 aliphatic rings. The van der Waals surface area contributed by atoms with E-state index in [2.05, 4.69) is 18.1 Å². The van der Waals surface area contributed by atoms with Gasteiger partial charge < -0.3 is 9.80 Å². The van der Waals surface area contributed by atoms with Gasteiger partial charge in [0.2, 0.25) is 11.8 Å². The Bertz CT molecular complexity index is 460. The van der Waals surface area contributed by atoms with Crippen LogP contribution in [-0.2, 0) is 9.59 Å². The molecule has 2 heterocycles. The molecule has 5 heteroatoms. The fraction of sp³-hybridized carbons (Fsp3) is 0.625. The Kier molecular flexibility index (Phi) is 4.52. The first-order valence-electron chi connectivity index (χ1n) is 7.54. The standard InChI is InChI=1S/C16H25N3O2/c1-5-8-18-10-11-19(13(3)4)15(21)16(18)7-9-17(12-16)14(20)6-2/h5-6,13H,1-2,7-12H2,3-4H3/t16-/m0/s1. The molecule has 0 aliphatic carbocycles. The second kappa shape index (κ2) is 6.02. The van der Waals surface area contributed by atoms with Gasteiger partial charge in [-0.2, -0.15) is 0 Å². The van der Waals surface area contributed by atoms with E-state index in [1.165, 1.54) is 6.08 Å². The smallest absolute Gasteiger partial charge is 0.246 e. The Morgan fingerprint density at radius 1 is 1.33 bits per heavy atom. The molecule has 21 heavy (non-hydrogen) atoms. The molecule has 1 spiro atoms. The van der Waals surface area contributed by atoms with Gasteiger partial charge in [-0.05, 0) is 26.3 Å². The lowest BCUT2D eigenvalue weighted by molar-refractivity contribution is -0.152. The van der Waals surface area contributed by atoms with Crippen molar-refractivity contribution in [2.75, 3.05) is 32.7 Å². The van der Waals surface area contributed by atoms with Crippen molar-refractivity contribution >= 4 is 11.8 Å². The second-order valence-electron chi connectivity index (χ2n) is 6.07. The lowest BCUT2D eigenvalue weighted by Gasteiger charge is -2.48. The number of amides is 2. The number of hydrogen-bond donors (Lipinski definition) is 0. The van der Waals surface area contributed by atoms with Gasteiger partial charge in [-0.3, -0.25) is 14.5 Å². The third-order valence-electron chi connectivity index (χ3n) is 4.58. The fourth-order valence-electron chi connectivity index (χ4n) is 3.40. The van der Waals surface area contributed by atoms with Crippen LogP contribution in [0.4, 0.5) is 0 Å². The second-order valence-corrected chi connectivity index (χ2v) is 6.07. The maximum atomic E-state index is 13.0. The average molecular weight is 291 g/mol. The van der Waals surface area contributed by atoms with Crippen LogP contribution in [0, 0.1) is 0 Å². The summed E-state index contributed by atoms with van der Waals surface area (Å²) in [4.78, 5) is 30.7. The van der Waals surface area contributed by atoms with Crippen molar-refractivity contribution < 1.29 is 9.59 Å². The molecule has 2 amide bonds. The third kappa shape index (κ3) is 2.62. The first-order valence-corrected chi connectivity index (χ1v) is 7.54. The Morgan fingerprint density at radius 2 is 2.05 bits per heavy atom. The Hall–Kier alpha value is -1.62. The van der Waals surface area contributed by atoms with E-state index >= 15 is 0 Å². The minimum Gasteiger partial charge on any atom is -0.337 e. The molecule has 0 unspecified atom stereocenters. The van der Waals surface area contributed by atoms with Crippen molar-refractivity contribution in [2.45, 2.75) is 31.8 Å². The third-order valence-corrected chi connectivity index (χ3v) is 4.58. The van der Waals surface area contributed by atoms with Crippen LogP contribution in [0.3, 0.4) is 0 Å². The van der Waals surface area contributed by atoms with E-state index in [1.807, 2.05) is 24.8 Å². The molecule has 2 fully saturated rings. The van der Waals surface area contributed by atoms with Crippen molar-refractivity contribution in [1.29, 1.82) is 0 Å². The molecule has 2 aliphatic heterocycles. The van der Waals surface area contributed by atoms with E-state index in [9.17, 15) is 9.59 Å². The van der Waals surface area contributed by atoms with E-state index in [1.54, 1.807) is 4.90 Å². The van der Waals surface area contributed by atoms with Gasteiger partial charge in [0.05, 0.1) is 0 Å². The van der Waals surface area contributed by atoms with E-state index in [4.69, 9.17) is 0 Å². The molecule has 116 valence electrons. The van der Waals surface area contributed by atoms with Gasteiger partial charge in [-0.1, -0.05) is 12.7 Å². The summed E-state index contributed by atoms with van der Waals surface area (Å²) in [6, 6.07) is 0.185. The fourth-order valence-corrected chi connectivity index (χ4v) is 3.40. The molecule has 0 saturated carbocycles. The van der Waals surface area contributed by atoms with E-state index in [-0.39, 0.29) is 17.9 Å². The summed E-state index contributed by atoms with van der Waals surface area (Å²) in [5.41, 5.74) is -0.588. The predicted molar refractivity (Wildman–Crippen MR) is 82.7 cm³/mol. The van der Waals surface area contributed by atoms with Crippen molar-refractivity contribution in [3.8, 4) is 0 Å². The molecule has 2 saturated heterocycles. The highest BCUT2D eigenvalue weighted by molar-refractivity contribution is 5.92. The maximum Gasteiger partial charge on any atom is 0.246 e. The van der Waals surface area contributed by atoms with E-state index in [0.717, 1.165) is 13.1 Å². The summed E-state index contributed by atoms with van der Waals surface area (Å²) in [5.74, 6) is 0.0462. The van der Waals surface area contributed by atoms with Gasteiger partial charge in [0.15, 0.2) is 0 Å². The normalized spacial score (nSPS) is 26.7. The van der Waals surface area contributed by atoms with Crippen LogP contribution in [0.15, 0.2) is 25.3 Å². The minimum atomic E-state index is -0.588. The Labute approximate surface area is 126 Å². The quantitative estimate of drug-likeness (QED) is 0.570. The summed E-state index contributed by atoms with van der Waals surface area (Å²) in [7, 11) is 0. The SMILES string of the molecule is C=CCN1CCN(C(C)C)C(=O)[C@@]12CCN(C(=O)C=C)C2. The summed E-state index contributed by atoms with van der Waals surface area (Å²) in [5, 5.41) is 0. The van der Waals surface area contributed by atoms with Gasteiger partial charge >= 0.3 is 0 Å². The van der Waals surface area contributed by atoms with Crippen molar-refractivity contribution in [2.24, 2.45) is 0 Å². The maximum absolute atomic E-state index is 13.0. The Balaban J connectivity index is 2.29. The molecular weight excluding hydrogens is 266 g/mol. The van der Waals surface area contributed by atoms with Crippen LogP contribution >= 0.6 is 0 Å². The van der Waals surface area contributed by atoms with Crippen molar-refractivity contribution in [3.63, 3.8) is 0 Å². The number of nitrogens with zero attached hydrogens (tertiary/aromatic N) is 3. The number of piperazine rings is 1. The summed E-state index contributed by atoms with van der Waals surface area (Å²) < 4.78 is 0. The topological polar surface area (TPSA) is 43.9 Å². The van der Waals surface area contributed by atoms with Gasteiger partial charge in [-0.25, -0.2) is 0 Å². The largest absolute Gasteiger partial charge is 0.337 e. The number of hydrogen-bond acceptors (Lipinski definition) is 3. The van der Waals surface area contributed by atoms with Gasteiger partial charge in [0, 0.05) is 38.8 Å². The van der Waals surface area contributed by atoms with Gasteiger partial charge in [0.1, 0.15) is 5.54 Å². The molecule has 2 rings (SSSR count). The van der Waals surface area contributed by atoms with E-state index in [0.29, 0.717) is 26.1 Å². The van der Waals surface area contributed by atoms with Gasteiger partial charge in [0.25, 0.3) is 0 Å². The molecule has 5 nitrogen and oxygen atoms in total. The van der Waals surface area contributed by atoms with Crippen LogP contribution in [0.2, 0.25) is 0 Å². The number of carbonyl (C=O) groups is 2. The number of likely N-dealkylation sites (tertiary alicyclic amines) is 1. The zero-order valence-corrected chi connectivity index (χ0v) is 13.0. The molecule has 0 aromatic heterocycles. The van der Waals surface area contributed by atoms with Crippen LogP contribution < -0.4 is 0 Å². The molecule has 1 atom stereocenters. The van der Waals surface area contributed by atoms with E-state index < -0.39 is 5.54 Å². The summed E-state index contributed by atoms with van der Waals surface area (Å²) in [6.45, 7) is 14.7. The molecule has 0 radical (unpaired) electrons.